The van der Waals surface area contributed by atoms with E-state index in [2.05, 4.69) is 10.5 Å². The lowest BCUT2D eigenvalue weighted by atomic mass is 10.0. The van der Waals surface area contributed by atoms with Gasteiger partial charge in [-0.1, -0.05) is 17.3 Å². The summed E-state index contributed by atoms with van der Waals surface area (Å²) in [4.78, 5) is 14.1. The maximum Gasteiger partial charge on any atom is 0.323 e. The van der Waals surface area contributed by atoms with Gasteiger partial charge in [-0.15, -0.1) is 0 Å². The first kappa shape index (κ1) is 13.5. The number of hydrogen-bond acceptors (Lipinski definition) is 4. The van der Waals surface area contributed by atoms with Gasteiger partial charge < -0.3 is 14.5 Å². The van der Waals surface area contributed by atoms with Crippen molar-refractivity contribution < 1.29 is 14.4 Å². The van der Waals surface area contributed by atoms with Crippen molar-refractivity contribution >= 4 is 11.8 Å². The van der Waals surface area contributed by atoms with Crippen molar-refractivity contribution in [2.45, 2.75) is 25.8 Å². The van der Waals surface area contributed by atoms with Crippen LogP contribution in [-0.2, 0) is 0 Å². The lowest BCUT2D eigenvalue weighted by molar-refractivity contribution is 0.207. The Balaban J connectivity index is 1.74. The molecule has 3 rings (SSSR count). The number of carbonyl (C=O) groups is 1. The average Bonchev–Trinajstić information content (AvgIpc) is 3.09. The second-order valence-corrected chi connectivity index (χ2v) is 5.20. The molecule has 1 aliphatic heterocycles. The summed E-state index contributed by atoms with van der Waals surface area (Å²) in [7, 11) is 0. The van der Waals surface area contributed by atoms with Crippen LogP contribution in [0.3, 0.4) is 0 Å². The number of carbonyl (C=O) groups excluding carboxylic acids is 1. The summed E-state index contributed by atoms with van der Waals surface area (Å²) < 4.78 is 4.94. The van der Waals surface area contributed by atoms with Crippen molar-refractivity contribution in [3.63, 3.8) is 0 Å². The number of nitrogens with one attached hydrogen (secondary N) is 1. The van der Waals surface area contributed by atoms with Gasteiger partial charge in [0.1, 0.15) is 11.5 Å². The van der Waals surface area contributed by atoms with Crippen LogP contribution in [0.5, 0.6) is 5.75 Å². The fraction of sp³-hybridized carbons (Fsp3) is 0.333. The summed E-state index contributed by atoms with van der Waals surface area (Å²) in [5.41, 5.74) is 1.02. The number of phenols is 1. The van der Waals surface area contributed by atoms with E-state index in [0.717, 1.165) is 18.4 Å². The van der Waals surface area contributed by atoms with Crippen LogP contribution in [0.2, 0.25) is 0 Å². The first-order chi connectivity index (χ1) is 10.1. The van der Waals surface area contributed by atoms with Crippen LogP contribution in [0.15, 0.2) is 34.9 Å². The van der Waals surface area contributed by atoms with E-state index in [0.29, 0.717) is 18.1 Å². The second kappa shape index (κ2) is 5.47. The van der Waals surface area contributed by atoms with Crippen molar-refractivity contribution in [3.05, 3.63) is 41.7 Å². The van der Waals surface area contributed by atoms with E-state index in [4.69, 9.17) is 4.52 Å². The molecular weight excluding hydrogens is 270 g/mol. The summed E-state index contributed by atoms with van der Waals surface area (Å²) >= 11 is 0. The summed E-state index contributed by atoms with van der Waals surface area (Å²) in [6.07, 6.45) is 1.87. The Labute approximate surface area is 122 Å². The molecule has 0 aliphatic carbocycles. The van der Waals surface area contributed by atoms with Crippen LogP contribution < -0.4 is 5.32 Å². The number of likely N-dealkylation sites (tertiary alicyclic amines) is 1. The molecule has 110 valence electrons. The average molecular weight is 287 g/mol. The lowest BCUT2D eigenvalue weighted by Gasteiger charge is -2.24. The summed E-state index contributed by atoms with van der Waals surface area (Å²) in [5, 5.41) is 15.9. The van der Waals surface area contributed by atoms with Crippen molar-refractivity contribution in [1.29, 1.82) is 0 Å². The molecule has 2 heterocycles. The molecule has 0 bridgehead atoms. The van der Waals surface area contributed by atoms with Crippen LogP contribution >= 0.6 is 0 Å². The Kier molecular flexibility index (Phi) is 3.51. The van der Waals surface area contributed by atoms with Gasteiger partial charge in [0, 0.05) is 12.6 Å². The molecule has 21 heavy (non-hydrogen) atoms. The number of phenolic OH excluding ortho intramolecular Hbond substituents is 1. The van der Waals surface area contributed by atoms with E-state index in [1.807, 2.05) is 12.1 Å². The maximum absolute atomic E-state index is 12.4. The molecule has 1 atom stereocenters. The zero-order valence-electron chi connectivity index (χ0n) is 11.7. The zero-order chi connectivity index (χ0) is 14.8. The molecule has 1 saturated heterocycles. The predicted octanol–water partition coefficient (Wildman–Crippen LogP) is 3.06. The number of benzene rings is 1. The van der Waals surface area contributed by atoms with Gasteiger partial charge in [-0.3, -0.25) is 5.32 Å². The number of anilines is 1. The highest BCUT2D eigenvalue weighted by atomic mass is 16.5. The van der Waals surface area contributed by atoms with E-state index in [1.165, 1.54) is 0 Å². The van der Waals surface area contributed by atoms with E-state index >= 15 is 0 Å². The first-order valence-corrected chi connectivity index (χ1v) is 6.93. The van der Waals surface area contributed by atoms with Crippen LogP contribution in [-0.4, -0.2) is 27.7 Å². The molecule has 6 nitrogen and oxygen atoms in total. The van der Waals surface area contributed by atoms with Crippen LogP contribution in [0.25, 0.3) is 0 Å². The van der Waals surface area contributed by atoms with E-state index in [1.54, 1.807) is 30.0 Å². The molecule has 6 heteroatoms. The van der Waals surface area contributed by atoms with Gasteiger partial charge in [0.05, 0.1) is 6.04 Å². The second-order valence-electron chi connectivity index (χ2n) is 5.20. The third-order valence-corrected chi connectivity index (χ3v) is 3.65. The largest absolute Gasteiger partial charge is 0.508 e. The molecular formula is C15H17N3O3. The first-order valence-electron chi connectivity index (χ1n) is 6.93. The summed E-state index contributed by atoms with van der Waals surface area (Å²) in [6, 6.07) is 8.52. The Morgan fingerprint density at radius 3 is 2.86 bits per heavy atom. The molecule has 0 radical (unpaired) electrons. The fourth-order valence-corrected chi connectivity index (χ4v) is 2.66. The van der Waals surface area contributed by atoms with Crippen molar-refractivity contribution in [2.75, 3.05) is 11.9 Å². The molecule has 0 unspecified atom stereocenters. The Morgan fingerprint density at radius 2 is 2.19 bits per heavy atom. The quantitative estimate of drug-likeness (QED) is 0.889. The molecule has 2 N–H and O–H groups in total. The minimum absolute atomic E-state index is 0.0265. The molecule has 2 aromatic rings. The molecule has 0 spiro atoms. The Hall–Kier alpha value is -2.50. The van der Waals surface area contributed by atoms with Gasteiger partial charge in [-0.2, -0.15) is 0 Å². The normalized spacial score (nSPS) is 18.0. The minimum Gasteiger partial charge on any atom is -0.508 e. The number of nitrogens with zero attached hydrogens (tertiary/aromatic N) is 2. The SMILES string of the molecule is Cc1cc(NC(=O)N2CCC[C@H]2c2ccc(O)cc2)no1. The zero-order valence-corrected chi connectivity index (χ0v) is 11.7. The molecule has 1 aromatic carbocycles. The highest BCUT2D eigenvalue weighted by Gasteiger charge is 2.30. The number of hydrogen-bond donors (Lipinski definition) is 2. The lowest BCUT2D eigenvalue weighted by Crippen LogP contribution is -2.34. The number of aromatic hydroxyl groups is 1. The predicted molar refractivity (Wildman–Crippen MR) is 77.0 cm³/mol. The number of urea groups is 1. The van der Waals surface area contributed by atoms with Gasteiger partial charge >= 0.3 is 6.03 Å². The number of aromatic nitrogens is 1. The Morgan fingerprint density at radius 1 is 1.43 bits per heavy atom. The monoisotopic (exact) mass is 287 g/mol. The smallest absolute Gasteiger partial charge is 0.323 e. The molecule has 0 saturated carbocycles. The van der Waals surface area contributed by atoms with Gasteiger partial charge in [0.15, 0.2) is 5.82 Å². The van der Waals surface area contributed by atoms with E-state index in [9.17, 15) is 9.90 Å². The highest BCUT2D eigenvalue weighted by molar-refractivity contribution is 5.88. The minimum atomic E-state index is -0.182. The highest BCUT2D eigenvalue weighted by Crippen LogP contribution is 2.33. The third kappa shape index (κ3) is 2.84. The van der Waals surface area contributed by atoms with Gasteiger partial charge in [-0.25, -0.2) is 4.79 Å². The maximum atomic E-state index is 12.4. The van der Waals surface area contributed by atoms with Crippen molar-refractivity contribution in [1.82, 2.24) is 10.1 Å². The standard InChI is InChI=1S/C15H17N3O3/c1-10-9-14(17-21-10)16-15(20)18-8-2-3-13(18)11-4-6-12(19)7-5-11/h4-7,9,13,19H,2-3,8H2,1H3,(H,16,17,20)/t13-/m0/s1. The fourth-order valence-electron chi connectivity index (χ4n) is 2.66. The van der Waals surface area contributed by atoms with Gasteiger partial charge in [-0.05, 0) is 37.5 Å². The third-order valence-electron chi connectivity index (χ3n) is 3.65. The summed E-state index contributed by atoms with van der Waals surface area (Å²) in [5.74, 6) is 1.31. The molecule has 1 fully saturated rings. The van der Waals surface area contributed by atoms with Crippen molar-refractivity contribution in [2.24, 2.45) is 0 Å². The van der Waals surface area contributed by atoms with Gasteiger partial charge in [0.25, 0.3) is 0 Å². The van der Waals surface area contributed by atoms with Gasteiger partial charge in [0.2, 0.25) is 0 Å². The Bertz CT molecular complexity index is 636. The molecule has 1 aromatic heterocycles. The summed E-state index contributed by atoms with van der Waals surface area (Å²) in [6.45, 7) is 2.48. The number of amides is 2. The van der Waals surface area contributed by atoms with Crippen molar-refractivity contribution in [3.8, 4) is 5.75 Å². The van der Waals surface area contributed by atoms with E-state index in [-0.39, 0.29) is 17.8 Å². The molecule has 1 aliphatic rings. The van der Waals surface area contributed by atoms with Crippen LogP contribution in [0.1, 0.15) is 30.2 Å². The topological polar surface area (TPSA) is 78.6 Å². The number of aryl methyl sites for hydroxylation is 1. The molecule has 2 amide bonds. The van der Waals surface area contributed by atoms with E-state index < -0.39 is 0 Å². The van der Waals surface area contributed by atoms with Crippen LogP contribution in [0.4, 0.5) is 10.6 Å². The number of rotatable bonds is 2. The van der Waals surface area contributed by atoms with Crippen LogP contribution in [0, 0.1) is 6.92 Å².